The van der Waals surface area contributed by atoms with Crippen molar-refractivity contribution in [3.8, 4) is 0 Å². The first-order valence-electron chi connectivity index (χ1n) is 4.61. The van der Waals surface area contributed by atoms with Gasteiger partial charge in [0.05, 0.1) is 5.41 Å². The minimum Gasteiger partial charge on any atom is -0.325 e. The third-order valence-electron chi connectivity index (χ3n) is 2.76. The number of nitrogens with zero attached hydrogens (tertiary/aromatic N) is 2. The molecule has 1 aromatic heterocycles. The van der Waals surface area contributed by atoms with Gasteiger partial charge in [0, 0.05) is 5.54 Å². The predicted molar refractivity (Wildman–Crippen MR) is 60.6 cm³/mol. The van der Waals surface area contributed by atoms with Gasteiger partial charge >= 0.3 is 0 Å². The van der Waals surface area contributed by atoms with Crippen LogP contribution in [0.25, 0.3) is 0 Å². The number of hydrogen-bond donors (Lipinski definition) is 2. The zero-order valence-electron chi connectivity index (χ0n) is 9.37. The second-order valence-corrected chi connectivity index (χ2v) is 5.38. The lowest BCUT2D eigenvalue weighted by Gasteiger charge is -2.36. The third kappa shape index (κ3) is 2.51. The SMILES string of the molecule is CC(C)(N)C(C)(C)C(=O)Nc1nncs1. The molecule has 1 rings (SSSR count). The molecule has 0 radical (unpaired) electrons. The molecular weight excluding hydrogens is 212 g/mol. The van der Waals surface area contributed by atoms with Crippen LogP contribution in [0.4, 0.5) is 5.13 Å². The van der Waals surface area contributed by atoms with Gasteiger partial charge in [-0.05, 0) is 27.7 Å². The van der Waals surface area contributed by atoms with Crippen molar-refractivity contribution in [1.82, 2.24) is 10.2 Å². The van der Waals surface area contributed by atoms with Crippen LogP contribution in [0.15, 0.2) is 5.51 Å². The predicted octanol–water partition coefficient (Wildman–Crippen LogP) is 1.24. The Morgan fingerprint density at radius 3 is 2.47 bits per heavy atom. The largest absolute Gasteiger partial charge is 0.325 e. The average Bonchev–Trinajstić information content (AvgIpc) is 2.54. The van der Waals surface area contributed by atoms with E-state index in [-0.39, 0.29) is 5.91 Å². The molecule has 84 valence electrons. The molecule has 0 bridgehead atoms. The highest BCUT2D eigenvalue weighted by Crippen LogP contribution is 2.29. The summed E-state index contributed by atoms with van der Waals surface area (Å²) in [6, 6.07) is 0. The number of amides is 1. The summed E-state index contributed by atoms with van der Waals surface area (Å²) in [6.45, 7) is 7.27. The van der Waals surface area contributed by atoms with Crippen molar-refractivity contribution in [3.05, 3.63) is 5.51 Å². The number of nitrogens with two attached hydrogens (primary N) is 1. The zero-order chi connectivity index (χ0) is 11.7. The fourth-order valence-electron chi connectivity index (χ4n) is 0.774. The normalized spacial score (nSPS) is 12.6. The van der Waals surface area contributed by atoms with E-state index in [1.54, 1.807) is 5.51 Å². The molecule has 0 aliphatic heterocycles. The van der Waals surface area contributed by atoms with Crippen molar-refractivity contribution < 1.29 is 4.79 Å². The van der Waals surface area contributed by atoms with Crippen LogP contribution >= 0.6 is 11.3 Å². The highest BCUT2D eigenvalue weighted by molar-refractivity contribution is 7.13. The monoisotopic (exact) mass is 228 g/mol. The van der Waals surface area contributed by atoms with Gasteiger partial charge in [0.15, 0.2) is 0 Å². The number of carbonyl (C=O) groups excluding carboxylic acids is 1. The summed E-state index contributed by atoms with van der Waals surface area (Å²) in [5.74, 6) is -0.147. The van der Waals surface area contributed by atoms with Gasteiger partial charge in [-0.1, -0.05) is 11.3 Å². The van der Waals surface area contributed by atoms with Crippen molar-refractivity contribution in [2.24, 2.45) is 11.1 Å². The molecule has 1 amide bonds. The van der Waals surface area contributed by atoms with Crippen LogP contribution in [-0.4, -0.2) is 21.6 Å². The first-order chi connectivity index (χ1) is 6.75. The highest BCUT2D eigenvalue weighted by atomic mass is 32.1. The van der Waals surface area contributed by atoms with Crippen LogP contribution in [0.2, 0.25) is 0 Å². The molecule has 0 saturated carbocycles. The standard InChI is InChI=1S/C9H16N4OS/c1-8(2,9(3,4)10)6(14)12-7-13-11-5-15-7/h5H,10H2,1-4H3,(H,12,13,14). The molecule has 5 nitrogen and oxygen atoms in total. The number of aromatic nitrogens is 2. The number of hydrogen-bond acceptors (Lipinski definition) is 5. The fourth-order valence-corrected chi connectivity index (χ4v) is 1.21. The van der Waals surface area contributed by atoms with Crippen molar-refractivity contribution in [1.29, 1.82) is 0 Å². The van der Waals surface area contributed by atoms with E-state index in [4.69, 9.17) is 5.73 Å². The molecular formula is C9H16N4OS. The Morgan fingerprint density at radius 2 is 2.07 bits per heavy atom. The van der Waals surface area contributed by atoms with Gasteiger partial charge in [-0.25, -0.2) is 0 Å². The summed E-state index contributed by atoms with van der Waals surface area (Å²) in [7, 11) is 0. The molecule has 15 heavy (non-hydrogen) atoms. The Hall–Kier alpha value is -1.01. The second kappa shape index (κ2) is 3.86. The van der Waals surface area contributed by atoms with E-state index < -0.39 is 11.0 Å². The second-order valence-electron chi connectivity index (χ2n) is 4.54. The Morgan fingerprint density at radius 1 is 1.47 bits per heavy atom. The van der Waals surface area contributed by atoms with Crippen LogP contribution < -0.4 is 11.1 Å². The molecule has 1 aromatic rings. The Labute approximate surface area is 93.1 Å². The fraction of sp³-hybridized carbons (Fsp3) is 0.667. The van der Waals surface area contributed by atoms with Gasteiger partial charge in [-0.15, -0.1) is 10.2 Å². The maximum Gasteiger partial charge on any atom is 0.233 e. The van der Waals surface area contributed by atoms with Gasteiger partial charge in [0.2, 0.25) is 11.0 Å². The van der Waals surface area contributed by atoms with E-state index in [1.165, 1.54) is 11.3 Å². The molecule has 0 fully saturated rings. The maximum atomic E-state index is 11.9. The van der Waals surface area contributed by atoms with Crippen LogP contribution in [-0.2, 0) is 4.79 Å². The maximum absolute atomic E-state index is 11.9. The van der Waals surface area contributed by atoms with Crippen molar-refractivity contribution in [2.45, 2.75) is 33.2 Å². The van der Waals surface area contributed by atoms with Crippen LogP contribution in [0.3, 0.4) is 0 Å². The molecule has 0 aliphatic carbocycles. The van der Waals surface area contributed by atoms with Gasteiger partial charge in [0.1, 0.15) is 5.51 Å². The number of carbonyl (C=O) groups is 1. The number of rotatable bonds is 3. The molecule has 0 unspecified atom stereocenters. The Balaban J connectivity index is 2.77. The molecule has 6 heteroatoms. The summed E-state index contributed by atoms with van der Waals surface area (Å²) in [4.78, 5) is 11.9. The van der Waals surface area contributed by atoms with E-state index in [9.17, 15) is 4.79 Å². The number of nitrogens with one attached hydrogen (secondary N) is 1. The minimum absolute atomic E-state index is 0.147. The van der Waals surface area contributed by atoms with Gasteiger partial charge < -0.3 is 11.1 Å². The minimum atomic E-state index is -0.668. The van der Waals surface area contributed by atoms with Gasteiger partial charge in [0.25, 0.3) is 0 Å². The summed E-state index contributed by atoms with van der Waals surface area (Å²) in [6.07, 6.45) is 0. The van der Waals surface area contributed by atoms with E-state index in [0.717, 1.165) is 0 Å². The van der Waals surface area contributed by atoms with E-state index in [1.807, 2.05) is 27.7 Å². The number of anilines is 1. The lowest BCUT2D eigenvalue weighted by atomic mass is 9.74. The lowest BCUT2D eigenvalue weighted by molar-refractivity contribution is -0.126. The molecule has 1 heterocycles. The van der Waals surface area contributed by atoms with Crippen molar-refractivity contribution in [2.75, 3.05) is 5.32 Å². The smallest absolute Gasteiger partial charge is 0.233 e. The molecule has 0 saturated heterocycles. The van der Waals surface area contributed by atoms with Crippen LogP contribution in [0.1, 0.15) is 27.7 Å². The topological polar surface area (TPSA) is 80.9 Å². The lowest BCUT2D eigenvalue weighted by Crippen LogP contribution is -2.53. The van der Waals surface area contributed by atoms with E-state index in [0.29, 0.717) is 5.13 Å². The van der Waals surface area contributed by atoms with Gasteiger partial charge in [-0.3, -0.25) is 4.79 Å². The van der Waals surface area contributed by atoms with Crippen LogP contribution in [0.5, 0.6) is 0 Å². The molecule has 0 aliphatic rings. The van der Waals surface area contributed by atoms with E-state index in [2.05, 4.69) is 15.5 Å². The van der Waals surface area contributed by atoms with Gasteiger partial charge in [-0.2, -0.15) is 0 Å². The van der Waals surface area contributed by atoms with Crippen molar-refractivity contribution >= 4 is 22.4 Å². The molecule has 0 spiro atoms. The zero-order valence-corrected chi connectivity index (χ0v) is 10.2. The first kappa shape index (κ1) is 12.1. The quantitative estimate of drug-likeness (QED) is 0.815. The van der Waals surface area contributed by atoms with E-state index >= 15 is 0 Å². The summed E-state index contributed by atoms with van der Waals surface area (Å²) >= 11 is 1.28. The summed E-state index contributed by atoms with van der Waals surface area (Å²) in [5.41, 5.74) is 6.25. The van der Waals surface area contributed by atoms with Crippen LogP contribution in [0, 0.1) is 5.41 Å². The summed E-state index contributed by atoms with van der Waals surface area (Å²) < 4.78 is 0. The Kier molecular flexibility index (Phi) is 3.11. The average molecular weight is 228 g/mol. The summed E-state index contributed by atoms with van der Waals surface area (Å²) in [5, 5.41) is 10.6. The third-order valence-corrected chi connectivity index (χ3v) is 3.37. The first-order valence-corrected chi connectivity index (χ1v) is 5.49. The molecule has 0 aromatic carbocycles. The molecule has 0 atom stereocenters. The highest BCUT2D eigenvalue weighted by Gasteiger charge is 2.40. The van der Waals surface area contributed by atoms with Crippen molar-refractivity contribution in [3.63, 3.8) is 0 Å². The molecule has 3 N–H and O–H groups in total. The Bertz CT molecular complexity index is 339.